The van der Waals surface area contributed by atoms with E-state index in [0.717, 1.165) is 10.9 Å². The van der Waals surface area contributed by atoms with E-state index in [-0.39, 0.29) is 25.0 Å². The van der Waals surface area contributed by atoms with Gasteiger partial charge in [0.1, 0.15) is 18.1 Å². The molecule has 9 N–H and O–H groups in total. The van der Waals surface area contributed by atoms with E-state index in [1.807, 2.05) is 12.1 Å². The van der Waals surface area contributed by atoms with Crippen LogP contribution in [0.5, 0.6) is 0 Å². The number of carbonyl (C=O) groups excluding carboxylic acids is 3. The van der Waals surface area contributed by atoms with Crippen molar-refractivity contribution in [3.63, 3.8) is 0 Å². The summed E-state index contributed by atoms with van der Waals surface area (Å²) in [7, 11) is 0. The number of aliphatic carboxylic acids is 3. The number of benzene rings is 1. The van der Waals surface area contributed by atoms with Crippen molar-refractivity contribution >= 4 is 59.2 Å². The Morgan fingerprint density at radius 3 is 2.00 bits per heavy atom. The number of nitrogens with one attached hydrogen (secondary N) is 4. The Morgan fingerprint density at radius 1 is 0.821 bits per heavy atom. The number of carboxylic acid groups (broad SMARTS) is 3. The zero-order chi connectivity index (χ0) is 29.1. The SMILES string of the molecule is NC(CCC(=O)O)C(=O)NC(CCC(=O)O)C(=O)NC(CS)C(=O)NC(Cc1c[nH]c2ccccc12)C(=O)O. The molecular formula is C24H31N5O9S. The first-order valence-electron chi connectivity index (χ1n) is 11.9. The van der Waals surface area contributed by atoms with Gasteiger partial charge in [-0.25, -0.2) is 4.79 Å². The topological polar surface area (TPSA) is 241 Å². The van der Waals surface area contributed by atoms with E-state index < -0.39 is 72.6 Å². The molecule has 0 saturated heterocycles. The van der Waals surface area contributed by atoms with Crippen LogP contribution in [0.3, 0.4) is 0 Å². The average molecular weight is 566 g/mol. The van der Waals surface area contributed by atoms with Crippen molar-refractivity contribution in [1.82, 2.24) is 20.9 Å². The molecule has 0 saturated carbocycles. The first-order chi connectivity index (χ1) is 18.4. The predicted octanol–water partition coefficient (Wildman–Crippen LogP) is -0.764. The number of H-pyrrole nitrogens is 1. The number of hydrogen-bond donors (Lipinski definition) is 9. The third-order valence-corrected chi connectivity index (χ3v) is 6.18. The van der Waals surface area contributed by atoms with Gasteiger partial charge in [0.25, 0.3) is 0 Å². The van der Waals surface area contributed by atoms with E-state index in [4.69, 9.17) is 15.9 Å². The van der Waals surface area contributed by atoms with Crippen molar-refractivity contribution in [1.29, 1.82) is 0 Å². The molecule has 212 valence electrons. The molecule has 14 nitrogen and oxygen atoms in total. The van der Waals surface area contributed by atoms with Crippen molar-refractivity contribution < 1.29 is 44.1 Å². The second kappa shape index (κ2) is 14.7. The van der Waals surface area contributed by atoms with Crippen molar-refractivity contribution in [3.05, 3.63) is 36.0 Å². The molecule has 3 amide bonds. The third-order valence-electron chi connectivity index (χ3n) is 5.81. The molecule has 0 aliphatic heterocycles. The number of fused-ring (bicyclic) bond motifs is 1. The van der Waals surface area contributed by atoms with Crippen molar-refractivity contribution in [2.75, 3.05) is 5.75 Å². The van der Waals surface area contributed by atoms with Crippen LogP contribution in [-0.2, 0) is 35.2 Å². The van der Waals surface area contributed by atoms with Crippen LogP contribution in [0.15, 0.2) is 30.5 Å². The summed E-state index contributed by atoms with van der Waals surface area (Å²) in [5.74, 6) is -6.62. The molecule has 1 aromatic carbocycles. The number of hydrogen-bond acceptors (Lipinski definition) is 8. The molecular weight excluding hydrogens is 534 g/mol. The number of carbonyl (C=O) groups is 6. The van der Waals surface area contributed by atoms with Crippen LogP contribution < -0.4 is 21.7 Å². The van der Waals surface area contributed by atoms with Gasteiger partial charge in [-0.1, -0.05) is 18.2 Å². The zero-order valence-corrected chi connectivity index (χ0v) is 21.6. The standard InChI is InChI=1S/C24H31N5O9S/c25-14(5-7-19(30)31)21(34)27-16(6-8-20(32)33)22(35)29-18(11-39)23(36)28-17(24(37)38)9-12-10-26-15-4-2-1-3-13(12)15/h1-4,10,14,16-18,26,39H,5-9,11,25H2,(H,27,34)(H,28,36)(H,29,35)(H,30,31)(H,32,33)(H,37,38). The summed E-state index contributed by atoms with van der Waals surface area (Å²) in [6.07, 6.45) is 0.115. The minimum absolute atomic E-state index is 0.0517. The Labute approximate surface area is 228 Å². The summed E-state index contributed by atoms with van der Waals surface area (Å²) in [5, 5.41) is 35.2. The van der Waals surface area contributed by atoms with Crippen LogP contribution in [0.1, 0.15) is 31.2 Å². The van der Waals surface area contributed by atoms with Gasteiger partial charge in [-0.05, 0) is 24.5 Å². The number of para-hydroxylation sites is 1. The second-order valence-electron chi connectivity index (χ2n) is 8.74. The summed E-state index contributed by atoms with van der Waals surface area (Å²) in [4.78, 5) is 74.8. The van der Waals surface area contributed by atoms with Crippen LogP contribution in [0.2, 0.25) is 0 Å². The summed E-state index contributed by atoms with van der Waals surface area (Å²) in [6, 6.07) is 1.87. The van der Waals surface area contributed by atoms with E-state index in [9.17, 15) is 33.9 Å². The minimum Gasteiger partial charge on any atom is -0.481 e. The quantitative estimate of drug-likeness (QED) is 0.115. The zero-order valence-electron chi connectivity index (χ0n) is 20.8. The molecule has 2 rings (SSSR count). The number of aromatic nitrogens is 1. The summed E-state index contributed by atoms with van der Waals surface area (Å²) < 4.78 is 0. The Hall–Kier alpha value is -4.11. The predicted molar refractivity (Wildman–Crippen MR) is 141 cm³/mol. The number of aromatic amines is 1. The molecule has 0 aliphatic rings. The van der Waals surface area contributed by atoms with Gasteiger partial charge in [0.2, 0.25) is 17.7 Å². The molecule has 4 unspecified atom stereocenters. The lowest BCUT2D eigenvalue weighted by Crippen LogP contribution is -2.58. The largest absolute Gasteiger partial charge is 0.481 e. The molecule has 1 heterocycles. The Balaban J connectivity index is 2.09. The van der Waals surface area contributed by atoms with Gasteiger partial charge in [-0.2, -0.15) is 12.6 Å². The van der Waals surface area contributed by atoms with Crippen molar-refractivity contribution in [2.24, 2.45) is 5.73 Å². The van der Waals surface area contributed by atoms with Gasteiger partial charge in [0.15, 0.2) is 0 Å². The molecule has 15 heteroatoms. The Kier molecular flexibility index (Phi) is 11.7. The number of amides is 3. The van der Waals surface area contributed by atoms with E-state index in [0.29, 0.717) is 5.56 Å². The molecule has 0 spiro atoms. The smallest absolute Gasteiger partial charge is 0.326 e. The van der Waals surface area contributed by atoms with Crippen LogP contribution in [0.25, 0.3) is 10.9 Å². The number of rotatable bonds is 16. The molecule has 0 radical (unpaired) electrons. The molecule has 2 aromatic rings. The maximum Gasteiger partial charge on any atom is 0.326 e. The highest BCUT2D eigenvalue weighted by Gasteiger charge is 2.30. The van der Waals surface area contributed by atoms with Gasteiger partial charge in [-0.15, -0.1) is 0 Å². The minimum atomic E-state index is -1.42. The first-order valence-corrected chi connectivity index (χ1v) is 12.5. The summed E-state index contributed by atoms with van der Waals surface area (Å²) in [5.41, 5.74) is 7.11. The van der Waals surface area contributed by atoms with Crippen LogP contribution in [0, 0.1) is 0 Å². The number of thiol groups is 1. The van der Waals surface area contributed by atoms with E-state index >= 15 is 0 Å². The third kappa shape index (κ3) is 9.61. The lowest BCUT2D eigenvalue weighted by atomic mass is 10.0. The van der Waals surface area contributed by atoms with Gasteiger partial charge >= 0.3 is 17.9 Å². The maximum absolute atomic E-state index is 12.9. The number of carboxylic acids is 3. The highest BCUT2D eigenvalue weighted by molar-refractivity contribution is 7.80. The van der Waals surface area contributed by atoms with Gasteiger partial charge in [0, 0.05) is 42.1 Å². The van der Waals surface area contributed by atoms with Crippen LogP contribution in [0.4, 0.5) is 0 Å². The second-order valence-corrected chi connectivity index (χ2v) is 9.10. The monoisotopic (exact) mass is 565 g/mol. The van der Waals surface area contributed by atoms with Gasteiger partial charge in [0.05, 0.1) is 6.04 Å². The molecule has 0 bridgehead atoms. The molecule has 4 atom stereocenters. The fourth-order valence-corrected chi connectivity index (χ4v) is 3.94. The van der Waals surface area contributed by atoms with E-state index in [1.165, 1.54) is 0 Å². The molecule has 1 aromatic heterocycles. The molecule has 0 fully saturated rings. The van der Waals surface area contributed by atoms with Crippen LogP contribution in [-0.4, -0.2) is 85.9 Å². The average Bonchev–Trinajstić information content (AvgIpc) is 3.29. The Bertz CT molecular complexity index is 1220. The van der Waals surface area contributed by atoms with Gasteiger partial charge < -0.3 is 42.0 Å². The van der Waals surface area contributed by atoms with Crippen molar-refractivity contribution in [3.8, 4) is 0 Å². The van der Waals surface area contributed by atoms with Gasteiger partial charge in [-0.3, -0.25) is 24.0 Å². The fourth-order valence-electron chi connectivity index (χ4n) is 3.68. The Morgan fingerprint density at radius 2 is 1.38 bits per heavy atom. The lowest BCUT2D eigenvalue weighted by molar-refractivity contribution is -0.142. The molecule has 39 heavy (non-hydrogen) atoms. The van der Waals surface area contributed by atoms with E-state index in [1.54, 1.807) is 18.3 Å². The normalized spacial score (nSPS) is 14.0. The molecule has 0 aliphatic carbocycles. The number of nitrogens with two attached hydrogens (primary N) is 1. The summed E-state index contributed by atoms with van der Waals surface area (Å²) >= 11 is 4.06. The first kappa shape index (κ1) is 31.1. The summed E-state index contributed by atoms with van der Waals surface area (Å²) in [6.45, 7) is 0. The lowest BCUT2D eigenvalue weighted by Gasteiger charge is -2.24. The fraction of sp³-hybridized carbons (Fsp3) is 0.417. The highest BCUT2D eigenvalue weighted by atomic mass is 32.1. The van der Waals surface area contributed by atoms with Crippen molar-refractivity contribution in [2.45, 2.75) is 56.3 Å². The van der Waals surface area contributed by atoms with E-state index in [2.05, 4.69) is 33.6 Å². The van der Waals surface area contributed by atoms with Crippen LogP contribution >= 0.6 is 12.6 Å². The highest BCUT2D eigenvalue weighted by Crippen LogP contribution is 2.19. The maximum atomic E-state index is 12.9.